The van der Waals surface area contributed by atoms with Crippen molar-refractivity contribution in [2.75, 3.05) is 13.2 Å². The summed E-state index contributed by atoms with van der Waals surface area (Å²) in [5.41, 5.74) is 6.61. The minimum Gasteiger partial charge on any atom is -0.395 e. The van der Waals surface area contributed by atoms with Crippen LogP contribution in [0.2, 0.25) is 0 Å². The van der Waals surface area contributed by atoms with Gasteiger partial charge < -0.3 is 15.4 Å². The van der Waals surface area contributed by atoms with Gasteiger partial charge in [0.2, 0.25) is 5.89 Å². The molecule has 6 nitrogen and oxygen atoms in total. The van der Waals surface area contributed by atoms with Crippen LogP contribution in [0.4, 0.5) is 0 Å². The normalized spacial score (nSPS) is 11.1. The fraction of sp³-hybridized carbons (Fsp3) is 0.385. The van der Waals surface area contributed by atoms with E-state index in [2.05, 4.69) is 15.0 Å². The van der Waals surface area contributed by atoms with Gasteiger partial charge in [0, 0.05) is 13.1 Å². The van der Waals surface area contributed by atoms with Gasteiger partial charge in [-0.3, -0.25) is 4.90 Å². The van der Waals surface area contributed by atoms with E-state index in [1.807, 2.05) is 30.3 Å². The first-order valence-corrected chi connectivity index (χ1v) is 6.20. The number of hydrogen-bond acceptors (Lipinski definition) is 6. The van der Waals surface area contributed by atoms with Crippen LogP contribution in [0.1, 0.15) is 17.3 Å². The van der Waals surface area contributed by atoms with E-state index in [1.54, 1.807) is 0 Å². The lowest BCUT2D eigenvalue weighted by Crippen LogP contribution is -2.26. The van der Waals surface area contributed by atoms with E-state index < -0.39 is 0 Å². The highest BCUT2D eigenvalue weighted by atomic mass is 16.5. The number of aliphatic hydroxyl groups excluding tert-OH is 1. The Morgan fingerprint density at radius 2 is 2.00 bits per heavy atom. The van der Waals surface area contributed by atoms with E-state index in [1.165, 1.54) is 5.56 Å². The molecule has 19 heavy (non-hydrogen) atoms. The van der Waals surface area contributed by atoms with Gasteiger partial charge >= 0.3 is 0 Å². The van der Waals surface area contributed by atoms with Gasteiger partial charge in [-0.2, -0.15) is 4.98 Å². The van der Waals surface area contributed by atoms with Gasteiger partial charge in [0.15, 0.2) is 5.82 Å². The summed E-state index contributed by atoms with van der Waals surface area (Å²) in [6.07, 6.45) is 0. The molecule has 0 saturated carbocycles. The van der Waals surface area contributed by atoms with Crippen molar-refractivity contribution in [1.82, 2.24) is 15.0 Å². The molecule has 0 spiro atoms. The highest BCUT2D eigenvalue weighted by Crippen LogP contribution is 2.08. The number of nitrogens with zero attached hydrogens (tertiary/aromatic N) is 3. The fourth-order valence-corrected chi connectivity index (χ4v) is 1.83. The summed E-state index contributed by atoms with van der Waals surface area (Å²) in [4.78, 5) is 6.22. The van der Waals surface area contributed by atoms with Crippen LogP contribution in [0.3, 0.4) is 0 Å². The summed E-state index contributed by atoms with van der Waals surface area (Å²) in [5, 5.41) is 13.0. The molecule has 1 aromatic heterocycles. The first kappa shape index (κ1) is 13.7. The Kier molecular flexibility index (Phi) is 5.02. The standard InChI is InChI=1S/C13H18N4O2/c14-8-13-15-12(16-19-13)10-17(6-7-18)9-11-4-2-1-3-5-11/h1-5,18H,6-10,14H2. The second kappa shape index (κ2) is 6.98. The van der Waals surface area contributed by atoms with Crippen LogP contribution < -0.4 is 5.73 Å². The lowest BCUT2D eigenvalue weighted by Gasteiger charge is -2.19. The zero-order chi connectivity index (χ0) is 13.5. The van der Waals surface area contributed by atoms with Crippen molar-refractivity contribution in [3.05, 3.63) is 47.6 Å². The molecular weight excluding hydrogens is 244 g/mol. The van der Waals surface area contributed by atoms with E-state index in [4.69, 9.17) is 15.4 Å². The van der Waals surface area contributed by atoms with Gasteiger partial charge in [0.05, 0.1) is 19.7 Å². The first-order valence-electron chi connectivity index (χ1n) is 6.20. The predicted molar refractivity (Wildman–Crippen MR) is 69.8 cm³/mol. The summed E-state index contributed by atoms with van der Waals surface area (Å²) < 4.78 is 4.97. The molecule has 1 heterocycles. The smallest absolute Gasteiger partial charge is 0.240 e. The summed E-state index contributed by atoms with van der Waals surface area (Å²) in [5.74, 6) is 1.02. The van der Waals surface area contributed by atoms with Crippen molar-refractivity contribution in [1.29, 1.82) is 0 Å². The summed E-state index contributed by atoms with van der Waals surface area (Å²) in [7, 11) is 0. The molecule has 102 valence electrons. The molecule has 2 aromatic rings. The monoisotopic (exact) mass is 262 g/mol. The summed E-state index contributed by atoms with van der Waals surface area (Å²) >= 11 is 0. The molecule has 2 rings (SSSR count). The Labute approximate surface area is 111 Å². The molecule has 0 fully saturated rings. The Hall–Kier alpha value is -1.76. The summed E-state index contributed by atoms with van der Waals surface area (Å²) in [6.45, 7) is 2.15. The zero-order valence-electron chi connectivity index (χ0n) is 10.7. The van der Waals surface area contributed by atoms with Crippen LogP contribution in [0.25, 0.3) is 0 Å². The third-order valence-electron chi connectivity index (χ3n) is 2.72. The fourth-order valence-electron chi connectivity index (χ4n) is 1.83. The SMILES string of the molecule is NCc1nc(CN(CCO)Cc2ccccc2)no1. The molecule has 0 amide bonds. The molecule has 0 bridgehead atoms. The Morgan fingerprint density at radius 3 is 2.63 bits per heavy atom. The van der Waals surface area contributed by atoms with Gasteiger partial charge in [0.1, 0.15) is 0 Å². The van der Waals surface area contributed by atoms with Gasteiger partial charge in [0.25, 0.3) is 0 Å². The largest absolute Gasteiger partial charge is 0.395 e. The van der Waals surface area contributed by atoms with Gasteiger partial charge in [-0.05, 0) is 5.56 Å². The molecule has 0 unspecified atom stereocenters. The number of rotatable bonds is 7. The molecule has 0 aliphatic heterocycles. The minimum atomic E-state index is 0.0917. The highest BCUT2D eigenvalue weighted by Gasteiger charge is 2.11. The molecule has 0 aliphatic carbocycles. The topological polar surface area (TPSA) is 88.4 Å². The van der Waals surface area contributed by atoms with Crippen molar-refractivity contribution in [3.63, 3.8) is 0 Å². The molecule has 0 saturated heterocycles. The third kappa shape index (κ3) is 4.13. The van der Waals surface area contributed by atoms with Crippen molar-refractivity contribution >= 4 is 0 Å². The average molecular weight is 262 g/mol. The third-order valence-corrected chi connectivity index (χ3v) is 2.72. The Morgan fingerprint density at radius 1 is 1.21 bits per heavy atom. The number of hydrogen-bond donors (Lipinski definition) is 2. The van der Waals surface area contributed by atoms with Crippen LogP contribution in [-0.4, -0.2) is 33.3 Å². The highest BCUT2D eigenvalue weighted by molar-refractivity contribution is 5.14. The summed E-state index contributed by atoms with van der Waals surface area (Å²) in [6, 6.07) is 10.1. The van der Waals surface area contributed by atoms with E-state index in [0.717, 1.165) is 6.54 Å². The molecule has 6 heteroatoms. The molecule has 3 N–H and O–H groups in total. The second-order valence-electron chi connectivity index (χ2n) is 4.23. The van der Waals surface area contributed by atoms with E-state index >= 15 is 0 Å². The van der Waals surface area contributed by atoms with Crippen LogP contribution in [0.5, 0.6) is 0 Å². The van der Waals surface area contributed by atoms with Crippen LogP contribution in [0.15, 0.2) is 34.9 Å². The quantitative estimate of drug-likeness (QED) is 0.756. The van der Waals surface area contributed by atoms with Crippen molar-refractivity contribution in [2.24, 2.45) is 5.73 Å². The van der Waals surface area contributed by atoms with E-state index in [9.17, 15) is 0 Å². The Bertz CT molecular complexity index is 486. The number of aliphatic hydroxyl groups is 1. The zero-order valence-corrected chi connectivity index (χ0v) is 10.7. The van der Waals surface area contributed by atoms with Crippen molar-refractivity contribution in [2.45, 2.75) is 19.6 Å². The number of benzene rings is 1. The van der Waals surface area contributed by atoms with Gasteiger partial charge in [-0.25, -0.2) is 0 Å². The average Bonchev–Trinajstić information content (AvgIpc) is 2.88. The predicted octanol–water partition coefficient (Wildman–Crippen LogP) is 0.523. The second-order valence-corrected chi connectivity index (χ2v) is 4.23. The van der Waals surface area contributed by atoms with Crippen LogP contribution in [-0.2, 0) is 19.6 Å². The van der Waals surface area contributed by atoms with E-state index in [0.29, 0.717) is 24.8 Å². The minimum absolute atomic E-state index is 0.0917. The first-order chi connectivity index (χ1) is 9.31. The molecule has 0 aliphatic rings. The Balaban J connectivity index is 1.99. The lowest BCUT2D eigenvalue weighted by atomic mass is 10.2. The molecule has 1 aromatic carbocycles. The lowest BCUT2D eigenvalue weighted by molar-refractivity contribution is 0.179. The number of nitrogens with two attached hydrogens (primary N) is 1. The van der Waals surface area contributed by atoms with Gasteiger partial charge in [-0.15, -0.1) is 0 Å². The molecule has 0 atom stereocenters. The van der Waals surface area contributed by atoms with Gasteiger partial charge in [-0.1, -0.05) is 35.5 Å². The van der Waals surface area contributed by atoms with Crippen molar-refractivity contribution < 1.29 is 9.63 Å². The maximum absolute atomic E-state index is 9.12. The molecule has 0 radical (unpaired) electrons. The van der Waals surface area contributed by atoms with Crippen molar-refractivity contribution in [3.8, 4) is 0 Å². The van der Waals surface area contributed by atoms with Crippen LogP contribution in [0, 0.1) is 0 Å². The van der Waals surface area contributed by atoms with E-state index in [-0.39, 0.29) is 13.2 Å². The molecular formula is C13H18N4O2. The maximum Gasteiger partial charge on any atom is 0.240 e. The number of aromatic nitrogens is 2. The van der Waals surface area contributed by atoms with Crippen LogP contribution >= 0.6 is 0 Å². The maximum atomic E-state index is 9.12.